The van der Waals surface area contributed by atoms with E-state index in [1.165, 1.54) is 0 Å². The molecule has 4 N–H and O–H groups in total. The number of benzene rings is 2. The number of hydrogen-bond donors (Lipinski definition) is 4. The molecule has 0 fully saturated rings. The molecule has 0 heterocycles. The summed E-state index contributed by atoms with van der Waals surface area (Å²) < 4.78 is 0. The van der Waals surface area contributed by atoms with Gasteiger partial charge in [-0.25, -0.2) is 9.59 Å². The van der Waals surface area contributed by atoms with Gasteiger partial charge in [0.25, 0.3) is 0 Å². The second-order valence-corrected chi connectivity index (χ2v) is 4.61. The van der Waals surface area contributed by atoms with Gasteiger partial charge in [-0.1, -0.05) is 49.7 Å². The number of carboxylic acids is 2. The lowest BCUT2D eigenvalue weighted by Gasteiger charge is -1.94. The van der Waals surface area contributed by atoms with E-state index < -0.39 is 18.2 Å². The molecular formula is C18H22O6. The normalized spacial score (nSPS) is 9.17. The molecule has 24 heavy (non-hydrogen) atoms. The van der Waals surface area contributed by atoms with Crippen molar-refractivity contribution in [2.24, 2.45) is 0 Å². The number of aliphatic hydroxyl groups is 2. The Kier molecular flexibility index (Phi) is 11.4. The highest BCUT2D eigenvalue weighted by Gasteiger charge is 1.97. The SMILES string of the molecule is CCCC(O)O.O=C(O)c1ccccc1.O=C(O)c1ccccc1. The first-order valence-electron chi connectivity index (χ1n) is 7.31. The van der Waals surface area contributed by atoms with Crippen molar-refractivity contribution in [2.45, 2.75) is 26.1 Å². The standard InChI is InChI=1S/2C7H6O2.C4H10O2/c2*8-7(9)6-4-2-1-3-5-6;1-2-3-4(5)6/h2*1-5H,(H,8,9);4-6H,2-3H2,1H3. The summed E-state index contributed by atoms with van der Waals surface area (Å²) >= 11 is 0. The van der Waals surface area contributed by atoms with Crippen LogP contribution in [0.1, 0.15) is 40.5 Å². The molecule has 2 aromatic rings. The van der Waals surface area contributed by atoms with Gasteiger partial charge in [-0.2, -0.15) is 0 Å². The molecule has 0 amide bonds. The van der Waals surface area contributed by atoms with E-state index in [1.807, 2.05) is 6.92 Å². The van der Waals surface area contributed by atoms with Crippen LogP contribution in [0.3, 0.4) is 0 Å². The summed E-state index contributed by atoms with van der Waals surface area (Å²) in [6, 6.07) is 16.6. The molecule has 2 aromatic carbocycles. The van der Waals surface area contributed by atoms with Gasteiger partial charge >= 0.3 is 11.9 Å². The lowest BCUT2D eigenvalue weighted by molar-refractivity contribution is -0.0453. The average molecular weight is 334 g/mol. The van der Waals surface area contributed by atoms with Crippen molar-refractivity contribution in [3.8, 4) is 0 Å². The Bertz CT molecular complexity index is 531. The molecule has 6 nitrogen and oxygen atoms in total. The van der Waals surface area contributed by atoms with Crippen molar-refractivity contribution < 1.29 is 30.0 Å². The molecule has 0 aromatic heterocycles. The lowest BCUT2D eigenvalue weighted by Crippen LogP contribution is -2.01. The van der Waals surface area contributed by atoms with E-state index in [0.717, 1.165) is 6.42 Å². The van der Waals surface area contributed by atoms with E-state index in [2.05, 4.69) is 0 Å². The Morgan fingerprint density at radius 2 is 1.12 bits per heavy atom. The molecular weight excluding hydrogens is 312 g/mol. The Hall–Kier alpha value is -2.70. The number of carbonyl (C=O) groups is 2. The first kappa shape index (κ1) is 21.3. The zero-order chi connectivity index (χ0) is 18.4. The van der Waals surface area contributed by atoms with Gasteiger partial charge in [-0.3, -0.25) is 0 Å². The molecule has 0 unspecified atom stereocenters. The fraction of sp³-hybridized carbons (Fsp3) is 0.222. The van der Waals surface area contributed by atoms with Crippen LogP contribution in [0.15, 0.2) is 60.7 Å². The van der Waals surface area contributed by atoms with E-state index in [1.54, 1.807) is 60.7 Å². The van der Waals surface area contributed by atoms with Crippen molar-refractivity contribution >= 4 is 11.9 Å². The molecule has 0 aliphatic carbocycles. The first-order chi connectivity index (χ1) is 11.4. The molecule has 2 rings (SSSR count). The Balaban J connectivity index is 0.000000340. The molecule has 0 aliphatic heterocycles. The van der Waals surface area contributed by atoms with Crippen molar-refractivity contribution in [1.29, 1.82) is 0 Å². The maximum atomic E-state index is 10.2. The summed E-state index contributed by atoms with van der Waals surface area (Å²) in [7, 11) is 0. The Labute approximate surface area is 140 Å². The molecule has 0 bridgehead atoms. The van der Waals surface area contributed by atoms with Gasteiger partial charge in [0.2, 0.25) is 0 Å². The van der Waals surface area contributed by atoms with Gasteiger partial charge in [0.05, 0.1) is 11.1 Å². The summed E-state index contributed by atoms with van der Waals surface area (Å²) in [6.45, 7) is 1.90. The topological polar surface area (TPSA) is 115 Å². The fourth-order valence-electron chi connectivity index (χ4n) is 1.42. The van der Waals surface area contributed by atoms with Crippen molar-refractivity contribution in [3.63, 3.8) is 0 Å². The van der Waals surface area contributed by atoms with E-state index in [0.29, 0.717) is 17.5 Å². The van der Waals surface area contributed by atoms with Crippen LogP contribution in [0.25, 0.3) is 0 Å². The molecule has 0 spiro atoms. The van der Waals surface area contributed by atoms with E-state index in [9.17, 15) is 9.59 Å². The van der Waals surface area contributed by atoms with E-state index >= 15 is 0 Å². The minimum atomic E-state index is -1.10. The van der Waals surface area contributed by atoms with Crippen LogP contribution in [0.2, 0.25) is 0 Å². The highest BCUT2D eigenvalue weighted by Crippen LogP contribution is 1.96. The van der Waals surface area contributed by atoms with Gasteiger partial charge in [0, 0.05) is 0 Å². The van der Waals surface area contributed by atoms with Gasteiger partial charge in [0.1, 0.15) is 0 Å². The third-order valence-corrected chi connectivity index (χ3v) is 2.59. The van der Waals surface area contributed by atoms with Crippen LogP contribution in [-0.4, -0.2) is 38.7 Å². The minimum Gasteiger partial charge on any atom is -0.478 e. The third kappa shape index (κ3) is 10.9. The molecule has 130 valence electrons. The number of carboxylic acid groups (broad SMARTS) is 2. The number of hydrogen-bond acceptors (Lipinski definition) is 4. The summed E-state index contributed by atoms with van der Waals surface area (Å²) in [6.07, 6.45) is 0.215. The van der Waals surface area contributed by atoms with Crippen molar-refractivity contribution in [1.82, 2.24) is 0 Å². The van der Waals surface area contributed by atoms with Crippen LogP contribution in [0.5, 0.6) is 0 Å². The zero-order valence-electron chi connectivity index (χ0n) is 13.4. The van der Waals surface area contributed by atoms with Gasteiger partial charge < -0.3 is 20.4 Å². The second kappa shape index (κ2) is 12.8. The third-order valence-electron chi connectivity index (χ3n) is 2.59. The summed E-state index contributed by atoms with van der Waals surface area (Å²) in [4.78, 5) is 20.4. The van der Waals surface area contributed by atoms with Crippen LogP contribution in [0.4, 0.5) is 0 Å². The predicted octanol–water partition coefficient (Wildman–Crippen LogP) is 2.87. The largest absolute Gasteiger partial charge is 0.478 e. The second-order valence-electron chi connectivity index (χ2n) is 4.61. The van der Waals surface area contributed by atoms with Crippen molar-refractivity contribution in [2.75, 3.05) is 0 Å². The summed E-state index contributed by atoms with van der Waals surface area (Å²) in [5.74, 6) is -1.76. The summed E-state index contributed by atoms with van der Waals surface area (Å²) in [5.41, 5.74) is 0.662. The Morgan fingerprint density at radius 1 is 0.792 bits per heavy atom. The van der Waals surface area contributed by atoms with Crippen LogP contribution < -0.4 is 0 Å². The van der Waals surface area contributed by atoms with Gasteiger partial charge in [-0.05, 0) is 30.7 Å². The number of aliphatic hydroxyl groups excluding tert-OH is 1. The number of rotatable bonds is 4. The number of aromatic carboxylic acids is 2. The fourth-order valence-corrected chi connectivity index (χ4v) is 1.42. The molecule has 0 saturated heterocycles. The average Bonchev–Trinajstić information content (AvgIpc) is 2.57. The van der Waals surface area contributed by atoms with E-state index in [4.69, 9.17) is 20.4 Å². The van der Waals surface area contributed by atoms with Gasteiger partial charge in [0.15, 0.2) is 6.29 Å². The molecule has 0 atom stereocenters. The highest BCUT2D eigenvalue weighted by molar-refractivity contribution is 5.87. The molecule has 0 aliphatic rings. The predicted molar refractivity (Wildman–Crippen MR) is 89.9 cm³/mol. The molecule has 0 saturated carbocycles. The monoisotopic (exact) mass is 334 g/mol. The van der Waals surface area contributed by atoms with Crippen LogP contribution in [-0.2, 0) is 0 Å². The summed E-state index contributed by atoms with van der Waals surface area (Å²) in [5, 5.41) is 33.0. The van der Waals surface area contributed by atoms with Gasteiger partial charge in [-0.15, -0.1) is 0 Å². The lowest BCUT2D eigenvalue weighted by atomic mass is 10.2. The van der Waals surface area contributed by atoms with Crippen LogP contribution in [0, 0.1) is 0 Å². The molecule has 6 heteroatoms. The molecule has 0 radical (unpaired) electrons. The highest BCUT2D eigenvalue weighted by atomic mass is 16.5. The maximum absolute atomic E-state index is 10.2. The first-order valence-corrected chi connectivity index (χ1v) is 7.31. The smallest absolute Gasteiger partial charge is 0.335 e. The van der Waals surface area contributed by atoms with E-state index in [-0.39, 0.29) is 0 Å². The quantitative estimate of drug-likeness (QED) is 0.639. The maximum Gasteiger partial charge on any atom is 0.335 e. The zero-order valence-corrected chi connectivity index (χ0v) is 13.4. The van der Waals surface area contributed by atoms with Crippen molar-refractivity contribution in [3.05, 3.63) is 71.8 Å². The van der Waals surface area contributed by atoms with Crippen LogP contribution >= 0.6 is 0 Å². The Morgan fingerprint density at radius 3 is 1.25 bits per heavy atom. The minimum absolute atomic E-state index is 0.331.